The van der Waals surface area contributed by atoms with Crippen molar-refractivity contribution in [2.75, 3.05) is 19.6 Å². The third-order valence-corrected chi connectivity index (χ3v) is 4.98. The average molecular weight is 286 g/mol. The van der Waals surface area contributed by atoms with Crippen LogP contribution in [-0.4, -0.2) is 38.3 Å². The highest BCUT2D eigenvalue weighted by Crippen LogP contribution is 2.21. The minimum absolute atomic E-state index is 0.0813. The molecule has 1 heterocycles. The number of nitrogens with one attached hydrogen (secondary N) is 1. The quantitative estimate of drug-likeness (QED) is 0.868. The van der Waals surface area contributed by atoms with Gasteiger partial charge in [0.2, 0.25) is 15.9 Å². The molecule has 1 fully saturated rings. The molecule has 1 aliphatic rings. The van der Waals surface area contributed by atoms with Gasteiger partial charge in [-0.25, -0.2) is 12.8 Å². The van der Waals surface area contributed by atoms with Crippen LogP contribution in [0, 0.1) is 12.7 Å². The lowest BCUT2D eigenvalue weighted by molar-refractivity contribution is -0.120. The smallest absolute Gasteiger partial charge is 0.243 e. The highest BCUT2D eigenvalue weighted by Gasteiger charge is 2.29. The predicted molar refractivity (Wildman–Crippen MR) is 67.5 cm³/mol. The van der Waals surface area contributed by atoms with Crippen LogP contribution in [0.25, 0.3) is 0 Å². The van der Waals surface area contributed by atoms with Gasteiger partial charge in [0.25, 0.3) is 0 Å². The fourth-order valence-corrected chi connectivity index (χ4v) is 3.65. The molecule has 5 nitrogen and oxygen atoms in total. The summed E-state index contributed by atoms with van der Waals surface area (Å²) in [5.74, 6) is -0.946. The Hall–Kier alpha value is -1.47. The van der Waals surface area contributed by atoms with Gasteiger partial charge in [0.1, 0.15) is 5.82 Å². The first-order valence-corrected chi connectivity index (χ1v) is 7.38. The van der Waals surface area contributed by atoms with Gasteiger partial charge >= 0.3 is 0 Å². The molecular formula is C12H15FN2O3S. The third-order valence-electron chi connectivity index (χ3n) is 2.99. The summed E-state index contributed by atoms with van der Waals surface area (Å²) in [5.41, 5.74) is 0.464. The van der Waals surface area contributed by atoms with E-state index in [1.54, 1.807) is 6.92 Å². The number of hydrogen-bond donors (Lipinski definition) is 1. The fourth-order valence-electron chi connectivity index (χ4n) is 1.97. The normalized spacial score (nSPS) is 17.9. The Balaban J connectivity index is 2.40. The van der Waals surface area contributed by atoms with Crippen LogP contribution in [0.2, 0.25) is 0 Å². The van der Waals surface area contributed by atoms with Gasteiger partial charge in [0, 0.05) is 13.1 Å². The van der Waals surface area contributed by atoms with Crippen molar-refractivity contribution in [1.29, 1.82) is 0 Å². The van der Waals surface area contributed by atoms with E-state index in [-0.39, 0.29) is 23.9 Å². The molecule has 7 heteroatoms. The first kappa shape index (κ1) is 14.0. The number of amides is 1. The highest BCUT2D eigenvalue weighted by molar-refractivity contribution is 7.89. The number of sulfonamides is 1. The van der Waals surface area contributed by atoms with Crippen LogP contribution < -0.4 is 5.32 Å². The van der Waals surface area contributed by atoms with E-state index >= 15 is 0 Å². The summed E-state index contributed by atoms with van der Waals surface area (Å²) in [5, 5.41) is 2.60. The first-order chi connectivity index (χ1) is 8.91. The van der Waals surface area contributed by atoms with Crippen molar-refractivity contribution in [3.8, 4) is 0 Å². The molecule has 0 atom stereocenters. The van der Waals surface area contributed by atoms with E-state index in [4.69, 9.17) is 0 Å². The molecular weight excluding hydrogens is 271 g/mol. The third kappa shape index (κ3) is 2.93. The summed E-state index contributed by atoms with van der Waals surface area (Å²) >= 11 is 0. The molecule has 2 rings (SSSR count). The molecule has 1 aromatic carbocycles. The summed E-state index contributed by atoms with van der Waals surface area (Å²) in [7, 11) is -3.84. The molecule has 0 spiro atoms. The van der Waals surface area contributed by atoms with Crippen LogP contribution in [0.15, 0.2) is 23.1 Å². The molecule has 0 bridgehead atoms. The topological polar surface area (TPSA) is 66.5 Å². The van der Waals surface area contributed by atoms with Gasteiger partial charge in [-0.3, -0.25) is 4.79 Å². The molecule has 0 unspecified atom stereocenters. The zero-order valence-corrected chi connectivity index (χ0v) is 11.3. The van der Waals surface area contributed by atoms with Gasteiger partial charge in [-0.15, -0.1) is 0 Å². The number of carbonyl (C=O) groups is 1. The number of halogens is 1. The second kappa shape index (κ2) is 5.26. The molecule has 1 N–H and O–H groups in total. The van der Waals surface area contributed by atoms with Crippen molar-refractivity contribution in [3.63, 3.8) is 0 Å². The van der Waals surface area contributed by atoms with Crippen LogP contribution >= 0.6 is 0 Å². The highest BCUT2D eigenvalue weighted by atomic mass is 32.2. The van der Waals surface area contributed by atoms with Crippen molar-refractivity contribution in [2.45, 2.75) is 18.2 Å². The maximum atomic E-state index is 13.2. The molecule has 0 radical (unpaired) electrons. The van der Waals surface area contributed by atoms with Crippen molar-refractivity contribution in [3.05, 3.63) is 29.6 Å². The van der Waals surface area contributed by atoms with E-state index < -0.39 is 15.8 Å². The zero-order chi connectivity index (χ0) is 14.0. The van der Waals surface area contributed by atoms with Gasteiger partial charge in [-0.05, 0) is 31.0 Å². The molecule has 0 aromatic heterocycles. The summed E-state index contributed by atoms with van der Waals surface area (Å²) in [6, 6.07) is 3.62. The van der Waals surface area contributed by atoms with Crippen LogP contribution in [0.5, 0.6) is 0 Å². The Kier molecular flexibility index (Phi) is 3.86. The minimum atomic E-state index is -3.84. The van der Waals surface area contributed by atoms with Crippen LogP contribution in [-0.2, 0) is 14.8 Å². The Labute approximate surface area is 111 Å². The summed E-state index contributed by atoms with van der Waals surface area (Å²) < 4.78 is 39.2. The summed E-state index contributed by atoms with van der Waals surface area (Å²) in [6.45, 7) is 2.08. The number of benzene rings is 1. The van der Waals surface area contributed by atoms with Crippen LogP contribution in [0.1, 0.15) is 12.0 Å². The second-order valence-corrected chi connectivity index (χ2v) is 6.36. The lowest BCUT2D eigenvalue weighted by Gasteiger charge is -2.20. The van der Waals surface area contributed by atoms with Crippen LogP contribution in [0.3, 0.4) is 0 Å². The number of rotatable bonds is 2. The molecule has 104 valence electrons. The maximum Gasteiger partial charge on any atom is 0.243 e. The summed E-state index contributed by atoms with van der Waals surface area (Å²) in [6.07, 6.45) is 0.541. The Morgan fingerprint density at radius 2 is 2.11 bits per heavy atom. The molecule has 19 heavy (non-hydrogen) atoms. The Morgan fingerprint density at radius 1 is 1.37 bits per heavy atom. The molecule has 1 saturated heterocycles. The molecule has 0 saturated carbocycles. The molecule has 0 aliphatic carbocycles. The van der Waals surface area contributed by atoms with Gasteiger partial charge in [-0.2, -0.15) is 4.31 Å². The first-order valence-electron chi connectivity index (χ1n) is 5.94. The monoisotopic (exact) mass is 286 g/mol. The van der Waals surface area contributed by atoms with E-state index in [1.807, 2.05) is 0 Å². The second-order valence-electron chi connectivity index (χ2n) is 4.45. The van der Waals surface area contributed by atoms with Crippen molar-refractivity contribution in [2.24, 2.45) is 0 Å². The maximum absolute atomic E-state index is 13.2. The van der Waals surface area contributed by atoms with Crippen molar-refractivity contribution < 1.29 is 17.6 Å². The number of carbonyl (C=O) groups excluding carboxylic acids is 1. The van der Waals surface area contributed by atoms with E-state index in [0.29, 0.717) is 18.5 Å². The largest absolute Gasteiger partial charge is 0.355 e. The molecule has 1 amide bonds. The standard InChI is InChI=1S/C12H15FN2O3S/c1-9-3-4-10(13)7-11(9)19(17,18)15-6-2-5-14-12(16)8-15/h3-4,7H,2,5-6,8H2,1H3,(H,14,16). The van der Waals surface area contributed by atoms with Crippen LogP contribution in [0.4, 0.5) is 4.39 Å². The van der Waals surface area contributed by atoms with Gasteiger partial charge in [-0.1, -0.05) is 6.07 Å². The van der Waals surface area contributed by atoms with Gasteiger partial charge < -0.3 is 5.32 Å². The number of aryl methyl sites for hydroxylation is 1. The van der Waals surface area contributed by atoms with E-state index in [0.717, 1.165) is 10.4 Å². The zero-order valence-electron chi connectivity index (χ0n) is 10.5. The molecule has 1 aliphatic heterocycles. The predicted octanol–water partition coefficient (Wildman–Crippen LogP) is 0.645. The number of nitrogens with zero attached hydrogens (tertiary/aromatic N) is 1. The van der Waals surface area contributed by atoms with Crippen molar-refractivity contribution >= 4 is 15.9 Å². The SMILES string of the molecule is Cc1ccc(F)cc1S(=O)(=O)N1CCCNC(=O)C1. The summed E-state index contributed by atoms with van der Waals surface area (Å²) in [4.78, 5) is 11.4. The van der Waals surface area contributed by atoms with E-state index in [2.05, 4.69) is 5.32 Å². The van der Waals surface area contributed by atoms with E-state index in [9.17, 15) is 17.6 Å². The van der Waals surface area contributed by atoms with E-state index in [1.165, 1.54) is 12.1 Å². The lowest BCUT2D eigenvalue weighted by Crippen LogP contribution is -2.37. The van der Waals surface area contributed by atoms with Crippen molar-refractivity contribution in [1.82, 2.24) is 9.62 Å². The Morgan fingerprint density at radius 3 is 2.84 bits per heavy atom. The van der Waals surface area contributed by atoms with Gasteiger partial charge in [0.05, 0.1) is 11.4 Å². The Bertz CT molecular complexity index is 601. The fraction of sp³-hybridized carbons (Fsp3) is 0.417. The minimum Gasteiger partial charge on any atom is -0.355 e. The molecule has 1 aromatic rings. The number of hydrogen-bond acceptors (Lipinski definition) is 3. The lowest BCUT2D eigenvalue weighted by atomic mass is 10.2. The van der Waals surface area contributed by atoms with Gasteiger partial charge in [0.15, 0.2) is 0 Å². The average Bonchev–Trinajstić information content (AvgIpc) is 2.57.